The standard InChI is InChI=1S/C28H30N4O4S2/c1-6-32-25(19(4)36-22-13-12-17(2)14-18(22)3)30-31-28(32)38-16-23(33)29-26-24(27(34)35-5)21(15-37-26)20-10-8-7-9-11-20/h7-15,19H,6,16H2,1-5H3,(H,29,33). The third-order valence-electron chi connectivity index (χ3n) is 5.91. The SMILES string of the molecule is CCn1c(SCC(=O)Nc2scc(-c3ccccc3)c2C(=O)OC)nnc1C(C)Oc1ccc(C)cc1C. The van der Waals surface area contributed by atoms with Gasteiger partial charge in [-0.1, -0.05) is 59.8 Å². The summed E-state index contributed by atoms with van der Waals surface area (Å²) >= 11 is 2.57. The molecule has 198 valence electrons. The Hall–Kier alpha value is -3.63. The maximum Gasteiger partial charge on any atom is 0.341 e. The second kappa shape index (κ2) is 12.3. The second-order valence-corrected chi connectivity index (χ2v) is 10.5. The largest absolute Gasteiger partial charge is 0.482 e. The molecular formula is C28H30N4O4S2. The summed E-state index contributed by atoms with van der Waals surface area (Å²) in [6.07, 6.45) is -0.322. The molecule has 4 rings (SSSR count). The first-order valence-corrected chi connectivity index (χ1v) is 14.0. The van der Waals surface area contributed by atoms with E-state index in [0.29, 0.717) is 28.1 Å². The summed E-state index contributed by atoms with van der Waals surface area (Å²) in [6.45, 7) is 8.63. The fraction of sp³-hybridized carbons (Fsp3) is 0.286. The molecule has 0 saturated carbocycles. The van der Waals surface area contributed by atoms with E-state index < -0.39 is 5.97 Å². The molecule has 1 N–H and O–H groups in total. The first-order chi connectivity index (χ1) is 18.3. The number of nitrogens with zero attached hydrogens (tertiary/aromatic N) is 3. The molecule has 0 aliphatic heterocycles. The highest BCUT2D eigenvalue weighted by atomic mass is 32.2. The molecule has 2 aromatic heterocycles. The van der Waals surface area contributed by atoms with Crippen molar-refractivity contribution in [2.75, 3.05) is 18.2 Å². The van der Waals surface area contributed by atoms with E-state index in [1.807, 2.05) is 80.1 Å². The van der Waals surface area contributed by atoms with Crippen molar-refractivity contribution in [1.29, 1.82) is 0 Å². The first kappa shape index (κ1) is 27.4. The molecule has 0 fully saturated rings. The summed E-state index contributed by atoms with van der Waals surface area (Å²) in [4.78, 5) is 25.4. The van der Waals surface area contributed by atoms with Crippen LogP contribution < -0.4 is 10.1 Å². The highest BCUT2D eigenvalue weighted by Crippen LogP contribution is 2.36. The number of thioether (sulfide) groups is 1. The Bertz CT molecular complexity index is 1430. The molecule has 2 heterocycles. The number of esters is 1. The lowest BCUT2D eigenvalue weighted by atomic mass is 10.0. The maximum atomic E-state index is 12.9. The predicted molar refractivity (Wildman–Crippen MR) is 151 cm³/mol. The van der Waals surface area contributed by atoms with Gasteiger partial charge in [-0.2, -0.15) is 0 Å². The summed E-state index contributed by atoms with van der Waals surface area (Å²) in [7, 11) is 1.33. The maximum absolute atomic E-state index is 12.9. The number of hydrogen-bond donors (Lipinski definition) is 1. The molecule has 0 spiro atoms. The Kier molecular flexibility index (Phi) is 8.85. The minimum absolute atomic E-state index is 0.101. The van der Waals surface area contributed by atoms with Gasteiger partial charge in [-0.3, -0.25) is 4.79 Å². The zero-order valence-electron chi connectivity index (χ0n) is 22.0. The van der Waals surface area contributed by atoms with E-state index in [-0.39, 0.29) is 17.8 Å². The van der Waals surface area contributed by atoms with Crippen molar-refractivity contribution in [2.24, 2.45) is 0 Å². The number of aryl methyl sites for hydroxylation is 2. The summed E-state index contributed by atoms with van der Waals surface area (Å²) in [5, 5.41) is 14.5. The number of thiophene rings is 1. The van der Waals surface area contributed by atoms with Crippen LogP contribution in [0.5, 0.6) is 5.75 Å². The molecule has 0 radical (unpaired) electrons. The van der Waals surface area contributed by atoms with Crippen molar-refractivity contribution in [3.05, 3.63) is 76.4 Å². The minimum Gasteiger partial charge on any atom is -0.482 e. The molecule has 0 aliphatic carbocycles. The van der Waals surface area contributed by atoms with E-state index in [0.717, 1.165) is 22.4 Å². The van der Waals surface area contributed by atoms with Gasteiger partial charge < -0.3 is 19.4 Å². The van der Waals surface area contributed by atoms with Crippen LogP contribution in [-0.2, 0) is 16.1 Å². The number of anilines is 1. The zero-order valence-corrected chi connectivity index (χ0v) is 23.6. The first-order valence-electron chi connectivity index (χ1n) is 12.2. The van der Waals surface area contributed by atoms with Gasteiger partial charge in [-0.25, -0.2) is 4.79 Å². The van der Waals surface area contributed by atoms with E-state index in [1.165, 1.54) is 35.8 Å². The Labute approximate surface area is 230 Å². The van der Waals surface area contributed by atoms with Crippen LogP contribution in [0.4, 0.5) is 5.00 Å². The fourth-order valence-electron chi connectivity index (χ4n) is 4.06. The Morgan fingerprint density at radius 1 is 1.13 bits per heavy atom. The number of hydrogen-bond acceptors (Lipinski definition) is 8. The van der Waals surface area contributed by atoms with Crippen LogP contribution in [-0.4, -0.2) is 39.5 Å². The quantitative estimate of drug-likeness (QED) is 0.183. The van der Waals surface area contributed by atoms with Crippen LogP contribution in [0.25, 0.3) is 11.1 Å². The van der Waals surface area contributed by atoms with Gasteiger partial charge in [0.25, 0.3) is 0 Å². The van der Waals surface area contributed by atoms with Gasteiger partial charge in [-0.05, 0) is 44.9 Å². The van der Waals surface area contributed by atoms with Crippen LogP contribution in [0.1, 0.15) is 47.3 Å². The van der Waals surface area contributed by atoms with E-state index in [9.17, 15) is 9.59 Å². The van der Waals surface area contributed by atoms with Crippen LogP contribution in [0.2, 0.25) is 0 Å². The molecule has 8 nitrogen and oxygen atoms in total. The number of amides is 1. The second-order valence-electron chi connectivity index (χ2n) is 8.66. The van der Waals surface area contributed by atoms with E-state index >= 15 is 0 Å². The van der Waals surface area contributed by atoms with Crippen molar-refractivity contribution >= 4 is 40.0 Å². The topological polar surface area (TPSA) is 95.3 Å². The van der Waals surface area contributed by atoms with Crippen molar-refractivity contribution < 1.29 is 19.1 Å². The lowest BCUT2D eigenvalue weighted by molar-refractivity contribution is -0.113. The normalized spacial score (nSPS) is 11.7. The van der Waals surface area contributed by atoms with Gasteiger partial charge in [0.05, 0.1) is 12.9 Å². The van der Waals surface area contributed by atoms with Crippen LogP contribution in [0.15, 0.2) is 59.1 Å². The number of aromatic nitrogens is 3. The van der Waals surface area contributed by atoms with Crippen LogP contribution >= 0.6 is 23.1 Å². The highest BCUT2D eigenvalue weighted by Gasteiger charge is 2.23. The summed E-state index contributed by atoms with van der Waals surface area (Å²) < 4.78 is 13.1. The van der Waals surface area contributed by atoms with Crippen molar-refractivity contribution in [3.63, 3.8) is 0 Å². The average Bonchev–Trinajstić information content (AvgIpc) is 3.53. The lowest BCUT2D eigenvalue weighted by Gasteiger charge is -2.17. The summed E-state index contributed by atoms with van der Waals surface area (Å²) in [5.74, 6) is 0.835. The average molecular weight is 551 g/mol. The molecular weight excluding hydrogens is 520 g/mol. The predicted octanol–water partition coefficient (Wildman–Crippen LogP) is 6.30. The molecule has 1 unspecified atom stereocenters. The number of carbonyl (C=O) groups is 2. The molecule has 1 atom stereocenters. The van der Waals surface area contributed by atoms with Gasteiger partial charge in [0, 0.05) is 17.5 Å². The van der Waals surface area contributed by atoms with Crippen LogP contribution in [0, 0.1) is 13.8 Å². The molecule has 0 saturated heterocycles. The Morgan fingerprint density at radius 2 is 1.89 bits per heavy atom. The Balaban J connectivity index is 1.45. The summed E-state index contributed by atoms with van der Waals surface area (Å²) in [6, 6.07) is 15.6. The van der Waals surface area contributed by atoms with Gasteiger partial charge in [0.1, 0.15) is 16.3 Å². The van der Waals surface area contributed by atoms with Crippen molar-refractivity contribution in [3.8, 4) is 16.9 Å². The monoisotopic (exact) mass is 550 g/mol. The zero-order chi connectivity index (χ0) is 27.2. The van der Waals surface area contributed by atoms with Gasteiger partial charge >= 0.3 is 5.97 Å². The molecule has 4 aromatic rings. The minimum atomic E-state index is -0.499. The van der Waals surface area contributed by atoms with Gasteiger partial charge in [0.2, 0.25) is 5.91 Å². The number of ether oxygens (including phenoxy) is 2. The fourth-order valence-corrected chi connectivity index (χ4v) is 5.84. The van der Waals surface area contributed by atoms with Gasteiger partial charge in [-0.15, -0.1) is 21.5 Å². The number of nitrogens with one attached hydrogen (secondary N) is 1. The van der Waals surface area contributed by atoms with Crippen LogP contribution in [0.3, 0.4) is 0 Å². The number of methoxy groups -OCH3 is 1. The lowest BCUT2D eigenvalue weighted by Crippen LogP contribution is -2.17. The third kappa shape index (κ3) is 6.08. The van der Waals surface area contributed by atoms with E-state index in [1.54, 1.807) is 0 Å². The molecule has 0 bridgehead atoms. The summed E-state index contributed by atoms with van der Waals surface area (Å²) in [5.41, 5.74) is 4.17. The molecule has 2 aromatic carbocycles. The van der Waals surface area contributed by atoms with Crippen molar-refractivity contribution in [2.45, 2.75) is 45.5 Å². The molecule has 1 amide bonds. The number of rotatable bonds is 10. The molecule has 38 heavy (non-hydrogen) atoms. The van der Waals surface area contributed by atoms with Crippen molar-refractivity contribution in [1.82, 2.24) is 14.8 Å². The highest BCUT2D eigenvalue weighted by molar-refractivity contribution is 7.99. The Morgan fingerprint density at radius 3 is 2.58 bits per heavy atom. The number of benzene rings is 2. The number of carbonyl (C=O) groups excluding carboxylic acids is 2. The van der Waals surface area contributed by atoms with E-state index in [2.05, 4.69) is 21.6 Å². The van der Waals surface area contributed by atoms with Gasteiger partial charge in [0.15, 0.2) is 17.1 Å². The molecule has 0 aliphatic rings. The molecule has 10 heteroatoms. The van der Waals surface area contributed by atoms with E-state index in [4.69, 9.17) is 9.47 Å². The smallest absolute Gasteiger partial charge is 0.341 e. The third-order valence-corrected chi connectivity index (χ3v) is 7.77.